The van der Waals surface area contributed by atoms with Crippen molar-refractivity contribution in [1.82, 2.24) is 4.57 Å². The van der Waals surface area contributed by atoms with Gasteiger partial charge in [0.1, 0.15) is 0 Å². The van der Waals surface area contributed by atoms with Gasteiger partial charge in [-0.3, -0.25) is 0 Å². The fourth-order valence-electron chi connectivity index (χ4n) is 9.71. The number of hydrogen-bond acceptors (Lipinski definition) is 3. The number of rotatable bonds is 6. The zero-order chi connectivity index (χ0) is 40.7. The first-order valence-electron chi connectivity index (χ1n) is 21.1. The molecule has 0 aliphatic carbocycles. The van der Waals surface area contributed by atoms with Crippen LogP contribution in [-0.4, -0.2) is 4.57 Å². The Kier molecular flexibility index (Phi) is 7.99. The second-order valence-corrected chi connectivity index (χ2v) is 18.2. The monoisotopic (exact) mass is 824 g/mol. The molecule has 0 aliphatic heterocycles. The number of aromatic nitrogens is 1. The molecule has 62 heavy (non-hydrogen) atoms. The van der Waals surface area contributed by atoms with Crippen molar-refractivity contribution in [2.45, 2.75) is 0 Å². The lowest BCUT2D eigenvalue weighted by Gasteiger charge is -2.26. The SMILES string of the molecule is c1ccc(-c2cccc3c2sc2c(N(c4ccc(-c5ccc6c7ccc8ccccc8c7n(-c7ccccc7)c6c5)cc4)c4ccc5c(c4)sc4ccccc45)cccc23)cc1. The molecule has 3 heterocycles. The highest BCUT2D eigenvalue weighted by atomic mass is 32.1. The van der Waals surface area contributed by atoms with Crippen molar-refractivity contribution in [3.8, 4) is 27.9 Å². The highest BCUT2D eigenvalue weighted by Crippen LogP contribution is 2.48. The first-order chi connectivity index (χ1) is 30.7. The van der Waals surface area contributed by atoms with E-state index in [-0.39, 0.29) is 0 Å². The van der Waals surface area contributed by atoms with Gasteiger partial charge >= 0.3 is 0 Å². The van der Waals surface area contributed by atoms with Crippen molar-refractivity contribution in [2.75, 3.05) is 4.90 Å². The van der Waals surface area contributed by atoms with Crippen LogP contribution < -0.4 is 4.90 Å². The highest BCUT2D eigenvalue weighted by Gasteiger charge is 2.21. The molecular formula is C58H36N2S2. The molecule has 13 aromatic rings. The normalized spacial score (nSPS) is 11.9. The van der Waals surface area contributed by atoms with Gasteiger partial charge in [0.2, 0.25) is 0 Å². The summed E-state index contributed by atoms with van der Waals surface area (Å²) in [6.45, 7) is 0. The Bertz CT molecular complexity index is 3860. The second-order valence-electron chi connectivity index (χ2n) is 16.1. The highest BCUT2D eigenvalue weighted by molar-refractivity contribution is 7.27. The summed E-state index contributed by atoms with van der Waals surface area (Å²) in [5, 5.41) is 10.2. The summed E-state index contributed by atoms with van der Waals surface area (Å²) in [5.41, 5.74) is 11.9. The molecule has 0 aliphatic rings. The van der Waals surface area contributed by atoms with E-state index in [0.717, 1.165) is 17.1 Å². The van der Waals surface area contributed by atoms with Gasteiger partial charge in [-0.2, -0.15) is 0 Å². The van der Waals surface area contributed by atoms with Gasteiger partial charge in [-0.05, 0) is 82.2 Å². The Morgan fingerprint density at radius 1 is 0.355 bits per heavy atom. The van der Waals surface area contributed by atoms with E-state index in [1.807, 2.05) is 22.7 Å². The number of thiophene rings is 2. The maximum absolute atomic E-state index is 2.47. The summed E-state index contributed by atoms with van der Waals surface area (Å²) in [6.07, 6.45) is 0. The third-order valence-electron chi connectivity index (χ3n) is 12.6. The zero-order valence-electron chi connectivity index (χ0n) is 33.5. The van der Waals surface area contributed by atoms with Gasteiger partial charge in [0.25, 0.3) is 0 Å². The lowest BCUT2D eigenvalue weighted by atomic mass is 10.0. The van der Waals surface area contributed by atoms with E-state index in [0.29, 0.717) is 0 Å². The van der Waals surface area contributed by atoms with Crippen molar-refractivity contribution in [2.24, 2.45) is 0 Å². The summed E-state index contributed by atoms with van der Waals surface area (Å²) in [4.78, 5) is 2.47. The van der Waals surface area contributed by atoms with Crippen molar-refractivity contribution in [1.29, 1.82) is 0 Å². The summed E-state index contributed by atoms with van der Waals surface area (Å²) in [7, 11) is 0. The molecule has 10 aromatic carbocycles. The Morgan fingerprint density at radius 3 is 1.85 bits per heavy atom. The quantitative estimate of drug-likeness (QED) is 0.162. The van der Waals surface area contributed by atoms with E-state index >= 15 is 0 Å². The van der Waals surface area contributed by atoms with Crippen molar-refractivity contribution < 1.29 is 0 Å². The molecule has 0 spiro atoms. The Labute approximate surface area is 366 Å². The van der Waals surface area contributed by atoms with Gasteiger partial charge in [-0.25, -0.2) is 0 Å². The van der Waals surface area contributed by atoms with Crippen LogP contribution in [0.1, 0.15) is 0 Å². The molecule has 0 amide bonds. The van der Waals surface area contributed by atoms with E-state index < -0.39 is 0 Å². The number of nitrogens with zero attached hydrogens (tertiary/aromatic N) is 2. The van der Waals surface area contributed by atoms with E-state index in [4.69, 9.17) is 0 Å². The number of benzene rings is 10. The molecule has 0 radical (unpaired) electrons. The first-order valence-corrected chi connectivity index (χ1v) is 22.7. The third-order valence-corrected chi connectivity index (χ3v) is 15.0. The fourth-order valence-corrected chi connectivity index (χ4v) is 12.2. The summed E-state index contributed by atoms with van der Waals surface area (Å²) in [5.74, 6) is 0. The molecule has 0 bridgehead atoms. The molecule has 290 valence electrons. The van der Waals surface area contributed by atoms with Crippen molar-refractivity contribution >= 4 is 113 Å². The van der Waals surface area contributed by atoms with Crippen LogP contribution in [0.15, 0.2) is 218 Å². The van der Waals surface area contributed by atoms with E-state index in [2.05, 4.69) is 228 Å². The molecule has 0 saturated carbocycles. The van der Waals surface area contributed by atoms with Gasteiger partial charge in [-0.1, -0.05) is 164 Å². The zero-order valence-corrected chi connectivity index (χ0v) is 35.1. The predicted molar refractivity (Wildman–Crippen MR) is 270 cm³/mol. The molecule has 0 N–H and O–H groups in total. The number of para-hydroxylation sites is 1. The number of fused-ring (bicyclic) bond motifs is 11. The number of hydrogen-bond donors (Lipinski definition) is 0. The minimum Gasteiger partial charge on any atom is -0.309 e. The average molecular weight is 825 g/mol. The molecule has 2 nitrogen and oxygen atoms in total. The van der Waals surface area contributed by atoms with Crippen LogP contribution in [0.5, 0.6) is 0 Å². The maximum Gasteiger partial charge on any atom is 0.0640 e. The lowest BCUT2D eigenvalue weighted by molar-refractivity contribution is 1.19. The molecule has 13 rings (SSSR count). The smallest absolute Gasteiger partial charge is 0.0640 e. The van der Waals surface area contributed by atoms with Crippen LogP contribution in [0, 0.1) is 0 Å². The summed E-state index contributed by atoms with van der Waals surface area (Å²) >= 11 is 3.76. The summed E-state index contributed by atoms with van der Waals surface area (Å²) in [6, 6.07) is 80.3. The van der Waals surface area contributed by atoms with Crippen molar-refractivity contribution in [3.63, 3.8) is 0 Å². The summed E-state index contributed by atoms with van der Waals surface area (Å²) < 4.78 is 7.64. The average Bonchev–Trinajstić information content (AvgIpc) is 4.02. The third kappa shape index (κ3) is 5.47. The van der Waals surface area contributed by atoms with Crippen LogP contribution in [0.2, 0.25) is 0 Å². The van der Waals surface area contributed by atoms with E-state index in [1.54, 1.807) is 0 Å². The van der Waals surface area contributed by atoms with Gasteiger partial charge in [0.15, 0.2) is 0 Å². The molecular weight excluding hydrogens is 789 g/mol. The van der Waals surface area contributed by atoms with Crippen LogP contribution in [-0.2, 0) is 0 Å². The molecule has 0 saturated heterocycles. The fraction of sp³-hybridized carbons (Fsp3) is 0. The van der Waals surface area contributed by atoms with Crippen LogP contribution in [0.3, 0.4) is 0 Å². The van der Waals surface area contributed by atoms with Gasteiger partial charge in [-0.15, -0.1) is 22.7 Å². The number of anilines is 3. The second kappa shape index (κ2) is 14.0. The van der Waals surface area contributed by atoms with Gasteiger partial charge in [0, 0.05) is 68.9 Å². The Hall–Kier alpha value is -7.50. The van der Waals surface area contributed by atoms with Crippen LogP contribution in [0.4, 0.5) is 17.1 Å². The molecule has 3 aromatic heterocycles. The predicted octanol–water partition coefficient (Wildman–Crippen LogP) is 17.5. The van der Waals surface area contributed by atoms with E-state index in [1.165, 1.54) is 101 Å². The standard InChI is InChI=1S/C58H36N2S2/c1-3-13-38(14-4-1)45-20-11-21-50-51-22-12-23-52(58(51)62-57(45)50)59(43-31-34-48-47-19-9-10-24-54(47)61-55(48)36-43)42-29-25-37(26-30-42)40-28-32-46-49-33-27-39-15-7-8-18-44(39)56(49)60(53(46)35-40)41-16-5-2-6-17-41/h1-36H. The minimum atomic E-state index is 1.12. The molecule has 0 fully saturated rings. The molecule has 0 unspecified atom stereocenters. The van der Waals surface area contributed by atoms with Gasteiger partial charge < -0.3 is 9.47 Å². The Balaban J connectivity index is 0.990. The minimum absolute atomic E-state index is 1.12. The van der Waals surface area contributed by atoms with E-state index in [9.17, 15) is 0 Å². The molecule has 4 heteroatoms. The van der Waals surface area contributed by atoms with Crippen molar-refractivity contribution in [3.05, 3.63) is 218 Å². The van der Waals surface area contributed by atoms with Crippen LogP contribution in [0.25, 0.3) is 101 Å². The maximum atomic E-state index is 2.47. The Morgan fingerprint density at radius 2 is 1.00 bits per heavy atom. The topological polar surface area (TPSA) is 8.17 Å². The first kappa shape index (κ1) is 35.3. The molecule has 0 atom stereocenters. The van der Waals surface area contributed by atoms with Gasteiger partial charge in [0.05, 0.1) is 21.4 Å². The lowest BCUT2D eigenvalue weighted by Crippen LogP contribution is -2.09. The van der Waals surface area contributed by atoms with Crippen LogP contribution >= 0.6 is 22.7 Å². The largest absolute Gasteiger partial charge is 0.309 e.